The van der Waals surface area contributed by atoms with Gasteiger partial charge in [0.2, 0.25) is 0 Å². The number of rotatable bonds is 4. The van der Waals surface area contributed by atoms with Crippen LogP contribution in [-0.2, 0) is 6.54 Å². The van der Waals surface area contributed by atoms with Crippen molar-refractivity contribution in [3.63, 3.8) is 0 Å². The third-order valence-corrected chi connectivity index (χ3v) is 2.73. The fraction of sp³-hybridized carbons (Fsp3) is 0.214. The van der Waals surface area contributed by atoms with E-state index in [0.717, 1.165) is 11.5 Å². The van der Waals surface area contributed by atoms with Crippen LogP contribution in [0.4, 0.5) is 15.9 Å². The number of aromatic nitrogens is 1. The summed E-state index contributed by atoms with van der Waals surface area (Å²) >= 11 is 0. The molecule has 0 saturated carbocycles. The Morgan fingerprint density at radius 1 is 1.26 bits per heavy atom. The van der Waals surface area contributed by atoms with Crippen LogP contribution in [-0.4, -0.2) is 24.2 Å². The highest BCUT2D eigenvalue weighted by molar-refractivity contribution is 5.48. The fourth-order valence-electron chi connectivity index (χ4n) is 1.65. The number of phenolic OH excluding ortho intramolecular Hbond substituents is 1. The molecule has 2 N–H and O–H groups in total. The molecule has 0 fully saturated rings. The second kappa shape index (κ2) is 5.56. The van der Waals surface area contributed by atoms with Crippen LogP contribution in [0.15, 0.2) is 36.5 Å². The summed E-state index contributed by atoms with van der Waals surface area (Å²) in [4.78, 5) is 6.16. The number of pyridine rings is 1. The Morgan fingerprint density at radius 3 is 2.68 bits per heavy atom. The minimum atomic E-state index is -0.365. The third kappa shape index (κ3) is 3.34. The minimum absolute atomic E-state index is 0.0757. The maximum absolute atomic E-state index is 13.1. The van der Waals surface area contributed by atoms with Gasteiger partial charge in [-0.2, -0.15) is 0 Å². The van der Waals surface area contributed by atoms with Crippen LogP contribution in [0.3, 0.4) is 0 Å². The van der Waals surface area contributed by atoms with Crippen molar-refractivity contribution in [2.75, 3.05) is 24.3 Å². The number of anilines is 2. The third-order valence-electron chi connectivity index (χ3n) is 2.73. The molecule has 0 aliphatic carbocycles. The van der Waals surface area contributed by atoms with Gasteiger partial charge in [0.05, 0.1) is 11.9 Å². The van der Waals surface area contributed by atoms with Gasteiger partial charge in [0.25, 0.3) is 0 Å². The molecular weight excluding hydrogens is 245 g/mol. The van der Waals surface area contributed by atoms with Crippen molar-refractivity contribution in [2.24, 2.45) is 0 Å². The largest absolute Gasteiger partial charge is 0.508 e. The Balaban J connectivity index is 2.04. The maximum atomic E-state index is 13.1. The van der Waals surface area contributed by atoms with Gasteiger partial charge in [0.15, 0.2) is 0 Å². The molecule has 100 valence electrons. The average Bonchev–Trinajstić information content (AvgIpc) is 2.40. The molecule has 1 aromatic heterocycles. The predicted molar refractivity (Wildman–Crippen MR) is 74.0 cm³/mol. The number of nitrogens with one attached hydrogen (secondary N) is 1. The zero-order valence-electron chi connectivity index (χ0n) is 10.9. The summed E-state index contributed by atoms with van der Waals surface area (Å²) in [5.41, 5.74) is 1.32. The lowest BCUT2D eigenvalue weighted by molar-refractivity contribution is 0.466. The van der Waals surface area contributed by atoms with E-state index in [1.165, 1.54) is 18.2 Å². The topological polar surface area (TPSA) is 48.4 Å². The Labute approximate surface area is 111 Å². The quantitative estimate of drug-likeness (QED) is 0.888. The van der Waals surface area contributed by atoms with E-state index >= 15 is 0 Å². The van der Waals surface area contributed by atoms with E-state index in [4.69, 9.17) is 0 Å². The second-order valence-electron chi connectivity index (χ2n) is 4.43. The summed E-state index contributed by atoms with van der Waals surface area (Å²) in [5, 5.41) is 12.7. The molecule has 0 aliphatic rings. The molecule has 1 aromatic carbocycles. The van der Waals surface area contributed by atoms with Gasteiger partial charge in [-0.25, -0.2) is 9.37 Å². The van der Waals surface area contributed by atoms with Crippen LogP contribution >= 0.6 is 0 Å². The first-order valence-electron chi connectivity index (χ1n) is 5.91. The van der Waals surface area contributed by atoms with E-state index < -0.39 is 0 Å². The summed E-state index contributed by atoms with van der Waals surface area (Å²) in [6.07, 6.45) is 1.70. The molecular formula is C14H16FN3O. The van der Waals surface area contributed by atoms with Crippen LogP contribution in [0.5, 0.6) is 5.75 Å². The van der Waals surface area contributed by atoms with E-state index in [9.17, 15) is 9.50 Å². The van der Waals surface area contributed by atoms with E-state index in [1.807, 2.05) is 31.1 Å². The lowest BCUT2D eigenvalue weighted by Gasteiger charge is -2.12. The van der Waals surface area contributed by atoms with E-state index in [2.05, 4.69) is 10.3 Å². The molecule has 0 amide bonds. The molecule has 4 nitrogen and oxygen atoms in total. The van der Waals surface area contributed by atoms with Crippen LogP contribution < -0.4 is 10.2 Å². The highest BCUT2D eigenvalue weighted by Crippen LogP contribution is 2.19. The summed E-state index contributed by atoms with van der Waals surface area (Å²) in [6.45, 7) is 0.340. The van der Waals surface area contributed by atoms with Crippen molar-refractivity contribution >= 4 is 11.5 Å². The number of hydrogen-bond donors (Lipinski definition) is 2. The molecule has 19 heavy (non-hydrogen) atoms. The molecule has 0 aliphatic heterocycles. The van der Waals surface area contributed by atoms with Gasteiger partial charge in [-0.15, -0.1) is 0 Å². The fourth-order valence-corrected chi connectivity index (χ4v) is 1.65. The molecule has 2 aromatic rings. The highest BCUT2D eigenvalue weighted by atomic mass is 19.1. The molecule has 2 rings (SSSR count). The van der Waals surface area contributed by atoms with Gasteiger partial charge in [-0.1, -0.05) is 0 Å². The Hall–Kier alpha value is -2.30. The van der Waals surface area contributed by atoms with Crippen molar-refractivity contribution in [2.45, 2.75) is 6.54 Å². The van der Waals surface area contributed by atoms with Crippen molar-refractivity contribution < 1.29 is 9.50 Å². The molecule has 5 heteroatoms. The van der Waals surface area contributed by atoms with E-state index in [-0.39, 0.29) is 11.6 Å². The van der Waals surface area contributed by atoms with Gasteiger partial charge < -0.3 is 15.3 Å². The first-order chi connectivity index (χ1) is 9.06. The summed E-state index contributed by atoms with van der Waals surface area (Å²) in [7, 11) is 3.83. The molecule has 0 bridgehead atoms. The number of halogens is 1. The van der Waals surface area contributed by atoms with Crippen molar-refractivity contribution in [3.8, 4) is 5.75 Å². The van der Waals surface area contributed by atoms with Crippen molar-refractivity contribution in [3.05, 3.63) is 47.9 Å². The summed E-state index contributed by atoms with van der Waals surface area (Å²) in [6, 6.07) is 7.66. The Bertz CT molecular complexity index is 555. The first-order valence-corrected chi connectivity index (χ1v) is 5.91. The van der Waals surface area contributed by atoms with Gasteiger partial charge in [-0.3, -0.25) is 0 Å². The number of phenols is 1. The smallest absolute Gasteiger partial charge is 0.128 e. The summed E-state index contributed by atoms with van der Waals surface area (Å²) < 4.78 is 13.1. The van der Waals surface area contributed by atoms with Gasteiger partial charge in [0.1, 0.15) is 17.4 Å². The van der Waals surface area contributed by atoms with Crippen LogP contribution in [0.1, 0.15) is 5.56 Å². The van der Waals surface area contributed by atoms with E-state index in [1.54, 1.807) is 6.20 Å². The zero-order chi connectivity index (χ0) is 13.8. The molecule has 0 spiro atoms. The number of nitrogens with zero attached hydrogens (tertiary/aromatic N) is 2. The van der Waals surface area contributed by atoms with Crippen molar-refractivity contribution in [1.82, 2.24) is 4.98 Å². The lowest BCUT2D eigenvalue weighted by Crippen LogP contribution is -2.10. The second-order valence-corrected chi connectivity index (χ2v) is 4.43. The van der Waals surface area contributed by atoms with Crippen molar-refractivity contribution in [1.29, 1.82) is 0 Å². The predicted octanol–water partition coefficient (Wildman–Crippen LogP) is 2.60. The molecule has 0 saturated heterocycles. The van der Waals surface area contributed by atoms with Gasteiger partial charge in [-0.05, 0) is 30.3 Å². The Kier molecular flexibility index (Phi) is 3.85. The number of benzene rings is 1. The maximum Gasteiger partial charge on any atom is 0.128 e. The number of aromatic hydroxyl groups is 1. The normalized spacial score (nSPS) is 10.3. The molecule has 0 atom stereocenters. The molecule has 1 heterocycles. The van der Waals surface area contributed by atoms with Crippen LogP contribution in [0.25, 0.3) is 0 Å². The van der Waals surface area contributed by atoms with Crippen LogP contribution in [0, 0.1) is 5.82 Å². The number of hydrogen-bond acceptors (Lipinski definition) is 4. The average molecular weight is 261 g/mol. The summed E-state index contributed by atoms with van der Waals surface area (Å²) in [5.74, 6) is 0.571. The first kappa shape index (κ1) is 13.1. The Morgan fingerprint density at radius 2 is 2.05 bits per heavy atom. The minimum Gasteiger partial charge on any atom is -0.508 e. The molecule has 0 unspecified atom stereocenters. The SMILES string of the molecule is CN(C)c1ccc(NCc2cc(F)ccc2O)cn1. The standard InChI is InChI=1S/C14H16FN3O/c1-18(2)14-6-4-12(9-17-14)16-8-10-7-11(15)3-5-13(10)19/h3-7,9,16,19H,8H2,1-2H3. The molecule has 0 radical (unpaired) electrons. The lowest BCUT2D eigenvalue weighted by atomic mass is 10.2. The van der Waals surface area contributed by atoms with Gasteiger partial charge >= 0.3 is 0 Å². The van der Waals surface area contributed by atoms with E-state index in [0.29, 0.717) is 12.1 Å². The zero-order valence-corrected chi connectivity index (χ0v) is 10.9. The van der Waals surface area contributed by atoms with Crippen LogP contribution in [0.2, 0.25) is 0 Å². The van der Waals surface area contributed by atoms with Gasteiger partial charge in [0, 0.05) is 26.2 Å². The highest BCUT2D eigenvalue weighted by Gasteiger charge is 2.03. The monoisotopic (exact) mass is 261 g/mol.